The number of unbranched alkanes of at least 4 members (excludes halogenated alkanes) is 1. The lowest BCUT2D eigenvalue weighted by Gasteiger charge is -2.03. The Labute approximate surface area is 151 Å². The van der Waals surface area contributed by atoms with Crippen molar-refractivity contribution in [2.45, 2.75) is 19.3 Å². The number of rotatable bonds is 5. The van der Waals surface area contributed by atoms with Crippen molar-refractivity contribution in [3.8, 4) is 10.6 Å². The molecule has 3 aromatic rings. The number of aryl methyl sites for hydroxylation is 1. The van der Waals surface area contributed by atoms with Gasteiger partial charge in [0.2, 0.25) is 0 Å². The fraction of sp³-hybridized carbons (Fsp3) is 0.250. The van der Waals surface area contributed by atoms with Crippen LogP contribution in [0.2, 0.25) is 10.0 Å². The molecule has 1 aromatic carbocycles. The van der Waals surface area contributed by atoms with Crippen molar-refractivity contribution in [2.75, 3.05) is 6.54 Å². The van der Waals surface area contributed by atoms with Gasteiger partial charge in [-0.25, -0.2) is 0 Å². The highest BCUT2D eigenvalue weighted by atomic mass is 79.9. The monoisotopic (exact) mass is 416 g/mol. The molecule has 2 heterocycles. The summed E-state index contributed by atoms with van der Waals surface area (Å²) in [6.45, 7) is 0.712. The molecule has 0 aliphatic rings. The summed E-state index contributed by atoms with van der Waals surface area (Å²) in [6.07, 6.45) is 3.01. The maximum atomic E-state index is 6.36. The molecular weight excluding hydrogens is 403 g/mol. The van der Waals surface area contributed by atoms with E-state index >= 15 is 0 Å². The zero-order chi connectivity index (χ0) is 15.7. The predicted octanol–water partition coefficient (Wildman–Crippen LogP) is 6.25. The van der Waals surface area contributed by atoms with Gasteiger partial charge in [0.05, 0.1) is 24.9 Å². The molecule has 2 nitrogen and oxygen atoms in total. The second kappa shape index (κ2) is 6.93. The summed E-state index contributed by atoms with van der Waals surface area (Å²) in [4.78, 5) is 4.68. The summed E-state index contributed by atoms with van der Waals surface area (Å²) in [5.74, 6) is 0. The standard InChI is InChI=1S/C16H15BrCl2N2S/c17-14-5-4-13(22-14)16-10(3-1-2-6-20)11-7-9(18)8-12(19)15(11)21-16/h4-5,7-8,21H,1-3,6,20H2. The first-order valence-electron chi connectivity index (χ1n) is 7.05. The van der Waals surface area contributed by atoms with Gasteiger partial charge < -0.3 is 10.7 Å². The molecule has 3 rings (SSSR count). The number of aromatic nitrogens is 1. The van der Waals surface area contributed by atoms with E-state index in [1.165, 1.54) is 10.4 Å². The first-order chi connectivity index (χ1) is 10.6. The highest BCUT2D eigenvalue weighted by Crippen LogP contribution is 2.39. The van der Waals surface area contributed by atoms with Gasteiger partial charge in [-0.15, -0.1) is 11.3 Å². The van der Waals surface area contributed by atoms with E-state index in [-0.39, 0.29) is 0 Å². The smallest absolute Gasteiger partial charge is 0.0705 e. The Morgan fingerprint density at radius 3 is 2.68 bits per heavy atom. The van der Waals surface area contributed by atoms with Gasteiger partial charge in [-0.05, 0) is 71.6 Å². The van der Waals surface area contributed by atoms with Crippen molar-refractivity contribution >= 4 is 61.4 Å². The van der Waals surface area contributed by atoms with Crippen LogP contribution in [0.25, 0.3) is 21.5 Å². The Balaban J connectivity index is 2.16. The maximum Gasteiger partial charge on any atom is 0.0705 e. The molecule has 116 valence electrons. The minimum Gasteiger partial charge on any atom is -0.352 e. The van der Waals surface area contributed by atoms with Crippen molar-refractivity contribution in [1.82, 2.24) is 4.98 Å². The highest BCUT2D eigenvalue weighted by molar-refractivity contribution is 9.11. The van der Waals surface area contributed by atoms with Crippen LogP contribution in [0.1, 0.15) is 18.4 Å². The number of H-pyrrole nitrogens is 1. The third kappa shape index (κ3) is 3.22. The van der Waals surface area contributed by atoms with Crippen LogP contribution in [0, 0.1) is 0 Å². The largest absolute Gasteiger partial charge is 0.352 e. The number of nitrogens with two attached hydrogens (primary N) is 1. The van der Waals surface area contributed by atoms with Crippen LogP contribution < -0.4 is 5.73 Å². The quantitative estimate of drug-likeness (QED) is 0.473. The molecule has 0 saturated carbocycles. The van der Waals surface area contributed by atoms with Crippen LogP contribution >= 0.6 is 50.5 Å². The topological polar surface area (TPSA) is 41.8 Å². The molecule has 0 aliphatic carbocycles. The van der Waals surface area contributed by atoms with Crippen LogP contribution in [-0.2, 0) is 6.42 Å². The summed E-state index contributed by atoms with van der Waals surface area (Å²) >= 11 is 17.8. The minimum atomic E-state index is 0.657. The summed E-state index contributed by atoms with van der Waals surface area (Å²) < 4.78 is 1.11. The van der Waals surface area contributed by atoms with E-state index in [0.29, 0.717) is 16.6 Å². The fourth-order valence-corrected chi connectivity index (χ4v) is 4.59. The van der Waals surface area contributed by atoms with Crippen LogP contribution in [0.3, 0.4) is 0 Å². The van der Waals surface area contributed by atoms with Gasteiger partial charge in [0.25, 0.3) is 0 Å². The molecular formula is C16H15BrCl2N2S. The van der Waals surface area contributed by atoms with E-state index in [9.17, 15) is 0 Å². The zero-order valence-electron chi connectivity index (χ0n) is 11.8. The van der Waals surface area contributed by atoms with Gasteiger partial charge in [-0.1, -0.05) is 23.2 Å². The van der Waals surface area contributed by atoms with E-state index < -0.39 is 0 Å². The van der Waals surface area contributed by atoms with Gasteiger partial charge in [0, 0.05) is 10.4 Å². The Morgan fingerprint density at radius 2 is 2.00 bits per heavy atom. The molecule has 0 unspecified atom stereocenters. The fourth-order valence-electron chi connectivity index (χ4n) is 2.64. The number of nitrogens with one attached hydrogen (secondary N) is 1. The van der Waals surface area contributed by atoms with Gasteiger partial charge in [0.15, 0.2) is 0 Å². The van der Waals surface area contributed by atoms with E-state index in [1.54, 1.807) is 17.4 Å². The van der Waals surface area contributed by atoms with Crippen LogP contribution in [0.15, 0.2) is 28.1 Å². The van der Waals surface area contributed by atoms with Crippen LogP contribution in [-0.4, -0.2) is 11.5 Å². The lowest BCUT2D eigenvalue weighted by atomic mass is 10.0. The van der Waals surface area contributed by atoms with Gasteiger partial charge in [0.1, 0.15) is 0 Å². The normalized spacial score (nSPS) is 11.5. The van der Waals surface area contributed by atoms with Gasteiger partial charge in [-0.3, -0.25) is 0 Å². The first kappa shape index (κ1) is 16.3. The average Bonchev–Trinajstić information content (AvgIpc) is 3.04. The highest BCUT2D eigenvalue weighted by Gasteiger charge is 2.16. The van der Waals surface area contributed by atoms with E-state index in [2.05, 4.69) is 33.0 Å². The third-order valence-corrected chi connectivity index (χ3v) is 5.79. The van der Waals surface area contributed by atoms with E-state index in [1.807, 2.05) is 6.07 Å². The molecule has 0 radical (unpaired) electrons. The molecule has 0 bridgehead atoms. The molecule has 22 heavy (non-hydrogen) atoms. The third-order valence-electron chi connectivity index (χ3n) is 3.63. The predicted molar refractivity (Wildman–Crippen MR) is 101 cm³/mol. The number of hydrogen-bond donors (Lipinski definition) is 2. The van der Waals surface area contributed by atoms with Crippen molar-refractivity contribution < 1.29 is 0 Å². The van der Waals surface area contributed by atoms with Gasteiger partial charge in [-0.2, -0.15) is 0 Å². The van der Waals surface area contributed by atoms with Gasteiger partial charge >= 0.3 is 0 Å². The number of benzene rings is 1. The van der Waals surface area contributed by atoms with Crippen molar-refractivity contribution in [2.24, 2.45) is 5.73 Å². The molecule has 0 atom stereocenters. The zero-order valence-corrected chi connectivity index (χ0v) is 15.7. The Kier molecular flexibility index (Phi) is 5.15. The lowest BCUT2D eigenvalue weighted by molar-refractivity contribution is 0.748. The summed E-state index contributed by atoms with van der Waals surface area (Å²) in [5, 5.41) is 2.42. The van der Waals surface area contributed by atoms with Crippen molar-refractivity contribution in [1.29, 1.82) is 0 Å². The van der Waals surface area contributed by atoms with Crippen molar-refractivity contribution in [3.05, 3.63) is 43.7 Å². The molecule has 0 spiro atoms. The SMILES string of the molecule is NCCCCc1c(-c2ccc(Br)s2)[nH]c2c(Cl)cc(Cl)cc12. The number of thiophene rings is 1. The lowest BCUT2D eigenvalue weighted by Crippen LogP contribution is -1.99. The molecule has 6 heteroatoms. The minimum absolute atomic E-state index is 0.657. The molecule has 0 amide bonds. The summed E-state index contributed by atoms with van der Waals surface area (Å²) in [7, 11) is 0. The molecule has 0 aliphatic heterocycles. The number of halogens is 3. The number of hydrogen-bond acceptors (Lipinski definition) is 2. The van der Waals surface area contributed by atoms with Crippen LogP contribution in [0.5, 0.6) is 0 Å². The first-order valence-corrected chi connectivity index (χ1v) is 9.42. The van der Waals surface area contributed by atoms with E-state index in [4.69, 9.17) is 28.9 Å². The second-order valence-electron chi connectivity index (χ2n) is 5.14. The second-order valence-corrected chi connectivity index (χ2v) is 8.44. The maximum absolute atomic E-state index is 6.36. The molecule has 3 N–H and O–H groups in total. The number of fused-ring (bicyclic) bond motifs is 1. The summed E-state index contributed by atoms with van der Waals surface area (Å²) in [5.41, 5.74) is 8.98. The number of aromatic amines is 1. The molecule has 0 saturated heterocycles. The molecule has 2 aromatic heterocycles. The summed E-state index contributed by atoms with van der Waals surface area (Å²) in [6, 6.07) is 7.94. The Morgan fingerprint density at radius 1 is 1.18 bits per heavy atom. The Bertz CT molecular complexity index is 810. The van der Waals surface area contributed by atoms with Crippen molar-refractivity contribution in [3.63, 3.8) is 0 Å². The van der Waals surface area contributed by atoms with Crippen LogP contribution in [0.4, 0.5) is 0 Å². The molecule has 0 fully saturated rings. The van der Waals surface area contributed by atoms with E-state index in [0.717, 1.165) is 39.6 Å². The average molecular weight is 418 g/mol. The Hall–Kier alpha value is -0.520.